The number of hydrogen-bond donors (Lipinski definition) is 1. The lowest BCUT2D eigenvalue weighted by atomic mass is 9.87. The third kappa shape index (κ3) is 3.80. The average Bonchev–Trinajstić information content (AvgIpc) is 2.72. The second kappa shape index (κ2) is 7.65. The molecule has 6 nitrogen and oxygen atoms in total. The van der Waals surface area contributed by atoms with Crippen LogP contribution in [0.15, 0.2) is 53.6 Å². The first-order chi connectivity index (χ1) is 13.9. The van der Waals surface area contributed by atoms with Gasteiger partial charge in [-0.25, -0.2) is 8.42 Å². The van der Waals surface area contributed by atoms with Crippen LogP contribution < -0.4 is 9.46 Å². The van der Waals surface area contributed by atoms with Gasteiger partial charge in [0.2, 0.25) is 0 Å². The summed E-state index contributed by atoms with van der Waals surface area (Å²) < 4.78 is 34.7. The maximum absolute atomic E-state index is 13.2. The average molecular weight is 412 g/mol. The minimum absolute atomic E-state index is 0.318. The van der Waals surface area contributed by atoms with Gasteiger partial charge < -0.3 is 9.64 Å². The topological polar surface area (TPSA) is 71.5 Å². The van der Waals surface area contributed by atoms with Crippen molar-refractivity contribution in [3.8, 4) is 5.75 Å². The fraction of sp³-hybridized carbons (Fsp3) is 0.318. The number of likely N-dealkylation sites (N-methyl/N-ethyl adjacent to an activating group) is 1. The molecule has 1 aromatic heterocycles. The molecule has 0 amide bonds. The van der Waals surface area contributed by atoms with Crippen LogP contribution in [0.4, 0.5) is 5.69 Å². The van der Waals surface area contributed by atoms with Gasteiger partial charge in [-0.1, -0.05) is 18.2 Å². The summed E-state index contributed by atoms with van der Waals surface area (Å²) in [6.45, 7) is 0. The molecule has 0 aliphatic heterocycles. The standard InChI is InChI=1S/C22H25N3O3S/c1-25(2)17-8-9-18-19(13-17)21(28-3)10-11-22(18)29(26,27)24-16-12-15-6-4-5-7-20(15)23-14-16/h4-7,10-12,14,17,24H,8-9,13H2,1-3H3/t17-/m0/s1. The zero-order valence-electron chi connectivity index (χ0n) is 16.8. The van der Waals surface area contributed by atoms with E-state index >= 15 is 0 Å². The van der Waals surface area contributed by atoms with E-state index in [0.717, 1.165) is 40.6 Å². The van der Waals surface area contributed by atoms with E-state index in [-0.39, 0.29) is 0 Å². The van der Waals surface area contributed by atoms with Crippen LogP contribution in [0.5, 0.6) is 5.75 Å². The van der Waals surface area contributed by atoms with Crippen molar-refractivity contribution >= 4 is 26.6 Å². The Labute approximate surface area is 171 Å². The Morgan fingerprint density at radius 3 is 2.69 bits per heavy atom. The number of nitrogens with one attached hydrogen (secondary N) is 1. The lowest BCUT2D eigenvalue weighted by molar-refractivity contribution is 0.263. The van der Waals surface area contributed by atoms with Crippen molar-refractivity contribution in [1.82, 2.24) is 9.88 Å². The molecule has 0 bridgehead atoms. The monoisotopic (exact) mass is 411 g/mol. The second-order valence-corrected chi connectivity index (χ2v) is 9.26. The van der Waals surface area contributed by atoms with Gasteiger partial charge in [-0.05, 0) is 63.2 Å². The fourth-order valence-corrected chi connectivity index (χ4v) is 5.35. The zero-order valence-corrected chi connectivity index (χ0v) is 17.7. The number of benzene rings is 2. The molecule has 0 saturated heterocycles. The Morgan fingerprint density at radius 1 is 1.14 bits per heavy atom. The molecule has 152 valence electrons. The molecular formula is C22H25N3O3S. The van der Waals surface area contributed by atoms with Gasteiger partial charge in [0, 0.05) is 17.0 Å². The molecule has 1 atom stereocenters. The van der Waals surface area contributed by atoms with Gasteiger partial charge >= 0.3 is 0 Å². The number of para-hydroxylation sites is 1. The van der Waals surface area contributed by atoms with Crippen LogP contribution in [0.3, 0.4) is 0 Å². The minimum atomic E-state index is -3.75. The minimum Gasteiger partial charge on any atom is -0.496 e. The molecule has 1 aliphatic carbocycles. The molecule has 0 unspecified atom stereocenters. The molecule has 3 aromatic rings. The van der Waals surface area contributed by atoms with E-state index in [2.05, 4.69) is 28.7 Å². The van der Waals surface area contributed by atoms with Gasteiger partial charge in [0.05, 0.1) is 29.4 Å². The molecular weight excluding hydrogens is 386 g/mol. The number of ether oxygens (including phenoxy) is 1. The second-order valence-electron chi connectivity index (χ2n) is 7.61. The Morgan fingerprint density at radius 2 is 1.93 bits per heavy atom. The Kier molecular flexibility index (Phi) is 5.19. The van der Waals surface area contributed by atoms with Crippen LogP contribution in [0.2, 0.25) is 0 Å². The number of rotatable bonds is 5. The largest absolute Gasteiger partial charge is 0.496 e. The molecule has 0 fully saturated rings. The molecule has 0 saturated carbocycles. The third-order valence-electron chi connectivity index (χ3n) is 5.59. The summed E-state index contributed by atoms with van der Waals surface area (Å²) in [5, 5.41) is 0.887. The molecule has 1 heterocycles. The van der Waals surface area contributed by atoms with Gasteiger partial charge in [0.25, 0.3) is 10.0 Å². The first-order valence-corrected chi connectivity index (χ1v) is 11.1. The highest BCUT2D eigenvalue weighted by molar-refractivity contribution is 7.92. The van der Waals surface area contributed by atoms with E-state index in [1.54, 1.807) is 31.5 Å². The van der Waals surface area contributed by atoms with Crippen LogP contribution in [0.25, 0.3) is 10.9 Å². The molecule has 4 rings (SSSR count). The van der Waals surface area contributed by atoms with Gasteiger partial charge in [-0.15, -0.1) is 0 Å². The van der Waals surface area contributed by atoms with Crippen LogP contribution in [0, 0.1) is 0 Å². The summed E-state index contributed by atoms with van der Waals surface area (Å²) in [6.07, 6.45) is 3.93. The van der Waals surface area contributed by atoms with Crippen molar-refractivity contribution in [1.29, 1.82) is 0 Å². The summed E-state index contributed by atoms with van der Waals surface area (Å²) in [4.78, 5) is 6.85. The van der Waals surface area contributed by atoms with Crippen molar-refractivity contribution in [3.05, 3.63) is 59.8 Å². The number of anilines is 1. The van der Waals surface area contributed by atoms with E-state index in [1.165, 1.54) is 0 Å². The van der Waals surface area contributed by atoms with Crippen LogP contribution in [-0.4, -0.2) is 45.5 Å². The smallest absolute Gasteiger partial charge is 0.262 e. The highest BCUT2D eigenvalue weighted by atomic mass is 32.2. The molecule has 0 radical (unpaired) electrons. The number of pyridine rings is 1. The van der Waals surface area contributed by atoms with Crippen molar-refractivity contribution in [2.24, 2.45) is 0 Å². The first-order valence-electron chi connectivity index (χ1n) is 9.62. The predicted octanol–water partition coefficient (Wildman–Crippen LogP) is 3.46. The third-order valence-corrected chi connectivity index (χ3v) is 7.06. The zero-order chi connectivity index (χ0) is 20.6. The van der Waals surface area contributed by atoms with E-state index in [1.807, 2.05) is 24.3 Å². The van der Waals surface area contributed by atoms with Gasteiger partial charge in [0.1, 0.15) is 5.75 Å². The van der Waals surface area contributed by atoms with Crippen molar-refractivity contribution in [3.63, 3.8) is 0 Å². The lowest BCUT2D eigenvalue weighted by Crippen LogP contribution is -2.34. The summed E-state index contributed by atoms with van der Waals surface area (Å²) in [7, 11) is 1.99. The number of fused-ring (bicyclic) bond motifs is 2. The molecule has 1 aliphatic rings. The molecule has 29 heavy (non-hydrogen) atoms. The van der Waals surface area contributed by atoms with Crippen LogP contribution in [-0.2, 0) is 22.9 Å². The van der Waals surface area contributed by atoms with E-state index < -0.39 is 10.0 Å². The quantitative estimate of drug-likeness (QED) is 0.696. The predicted molar refractivity (Wildman–Crippen MR) is 115 cm³/mol. The highest BCUT2D eigenvalue weighted by Crippen LogP contribution is 2.36. The van der Waals surface area contributed by atoms with Crippen molar-refractivity contribution in [2.75, 3.05) is 25.9 Å². The Bertz CT molecular complexity index is 1160. The number of aromatic nitrogens is 1. The number of sulfonamides is 1. The van der Waals surface area contributed by atoms with Crippen molar-refractivity contribution in [2.45, 2.75) is 30.2 Å². The van der Waals surface area contributed by atoms with Gasteiger partial charge in [-0.2, -0.15) is 0 Å². The lowest BCUT2D eigenvalue weighted by Gasteiger charge is -2.31. The van der Waals surface area contributed by atoms with Crippen molar-refractivity contribution < 1.29 is 13.2 Å². The molecule has 1 N–H and O–H groups in total. The Balaban J connectivity index is 1.72. The van der Waals surface area contributed by atoms with E-state index in [0.29, 0.717) is 23.0 Å². The number of nitrogens with zero attached hydrogens (tertiary/aromatic N) is 2. The SMILES string of the molecule is COc1ccc(S(=O)(=O)Nc2cnc3ccccc3c2)c2c1C[C@@H](N(C)C)CC2. The maximum atomic E-state index is 13.2. The molecule has 0 spiro atoms. The van der Waals surface area contributed by atoms with E-state index in [9.17, 15) is 8.42 Å². The summed E-state index contributed by atoms with van der Waals surface area (Å²) >= 11 is 0. The van der Waals surface area contributed by atoms with E-state index in [4.69, 9.17) is 4.74 Å². The summed E-state index contributed by atoms with van der Waals surface area (Å²) in [6, 6.07) is 13.2. The van der Waals surface area contributed by atoms with Crippen LogP contribution in [0.1, 0.15) is 17.5 Å². The number of hydrogen-bond acceptors (Lipinski definition) is 5. The normalized spacial score (nSPS) is 16.6. The Hall–Kier alpha value is -2.64. The first kappa shape index (κ1) is 19.7. The summed E-state index contributed by atoms with van der Waals surface area (Å²) in [5.41, 5.74) is 3.11. The van der Waals surface area contributed by atoms with Gasteiger partial charge in [-0.3, -0.25) is 9.71 Å². The van der Waals surface area contributed by atoms with Crippen LogP contribution >= 0.6 is 0 Å². The summed E-state index contributed by atoms with van der Waals surface area (Å²) in [5.74, 6) is 0.748. The fourth-order valence-electron chi connectivity index (χ4n) is 4.02. The van der Waals surface area contributed by atoms with Gasteiger partial charge in [0.15, 0.2) is 0 Å². The highest BCUT2D eigenvalue weighted by Gasteiger charge is 2.29. The maximum Gasteiger partial charge on any atom is 0.262 e. The number of methoxy groups -OCH3 is 1. The molecule has 2 aromatic carbocycles. The molecule has 7 heteroatoms.